The maximum absolute atomic E-state index is 12.6. The summed E-state index contributed by atoms with van der Waals surface area (Å²) >= 11 is -2.38. The predicted octanol–water partition coefficient (Wildman–Crippen LogP) is -5.67. The molecule has 0 saturated carbocycles. The fraction of sp³-hybridized carbons (Fsp3) is 1.00. The van der Waals surface area contributed by atoms with Crippen LogP contribution in [0.5, 0.6) is 0 Å². The standard InChI is InChI=1S/C12H22O11S/c13-1-3-5(15)7(17)9(19)11(22-3)24(21)12-10(20)8(18)6(16)4(2-14)23-12/h3-20H,1-2H2/t3-,4-,5+,6+,7+,8+,9-,10-,11-,12-/m1/s1. The van der Waals surface area contributed by atoms with Gasteiger partial charge in [-0.1, -0.05) is 0 Å². The molecule has 12 heteroatoms. The van der Waals surface area contributed by atoms with Gasteiger partial charge in [0, 0.05) is 11.2 Å². The topological polar surface area (TPSA) is 203 Å². The minimum Gasteiger partial charge on any atom is -0.612 e. The zero-order valence-electron chi connectivity index (χ0n) is 12.4. The first kappa shape index (κ1) is 20.2. The molecule has 10 atom stereocenters. The molecule has 24 heavy (non-hydrogen) atoms. The molecular formula is C12H22O11S. The van der Waals surface area contributed by atoms with Gasteiger partial charge in [0.1, 0.15) is 36.6 Å². The molecule has 0 unspecified atom stereocenters. The molecule has 2 rings (SSSR count). The molecule has 0 spiro atoms. The van der Waals surface area contributed by atoms with E-state index in [9.17, 15) is 35.2 Å². The van der Waals surface area contributed by atoms with Gasteiger partial charge in [0.2, 0.25) is 10.9 Å². The van der Waals surface area contributed by atoms with E-state index in [-0.39, 0.29) is 0 Å². The van der Waals surface area contributed by atoms with E-state index in [0.717, 1.165) is 0 Å². The summed E-state index contributed by atoms with van der Waals surface area (Å²) in [4.78, 5) is 0. The summed E-state index contributed by atoms with van der Waals surface area (Å²) < 4.78 is 22.8. The lowest BCUT2D eigenvalue weighted by Crippen LogP contribution is -2.66. The van der Waals surface area contributed by atoms with Gasteiger partial charge in [-0.15, -0.1) is 0 Å². The van der Waals surface area contributed by atoms with Gasteiger partial charge >= 0.3 is 0 Å². The minimum absolute atomic E-state index is 0.729. The maximum atomic E-state index is 12.6. The van der Waals surface area contributed by atoms with Crippen molar-refractivity contribution >= 4 is 11.2 Å². The lowest BCUT2D eigenvalue weighted by molar-refractivity contribution is -0.218. The van der Waals surface area contributed by atoms with Crippen molar-refractivity contribution in [2.24, 2.45) is 0 Å². The number of hydrogen-bond acceptors (Lipinski definition) is 11. The fourth-order valence-electron chi connectivity index (χ4n) is 2.65. The van der Waals surface area contributed by atoms with E-state index in [2.05, 4.69) is 0 Å². The van der Waals surface area contributed by atoms with Gasteiger partial charge in [-0.25, -0.2) is 0 Å². The van der Waals surface area contributed by atoms with Crippen molar-refractivity contribution in [1.82, 2.24) is 0 Å². The first-order valence-corrected chi connectivity index (χ1v) is 8.52. The van der Waals surface area contributed by atoms with Crippen LogP contribution in [0.2, 0.25) is 0 Å². The van der Waals surface area contributed by atoms with Crippen molar-refractivity contribution < 1.29 is 54.9 Å². The molecule has 2 fully saturated rings. The highest BCUT2D eigenvalue weighted by atomic mass is 32.2. The average molecular weight is 374 g/mol. The van der Waals surface area contributed by atoms with E-state index in [1.807, 2.05) is 0 Å². The van der Waals surface area contributed by atoms with Crippen LogP contribution in [0.25, 0.3) is 0 Å². The maximum Gasteiger partial charge on any atom is 0.247 e. The molecule has 2 aliphatic heterocycles. The highest BCUT2D eigenvalue weighted by Crippen LogP contribution is 2.32. The third kappa shape index (κ3) is 3.56. The summed E-state index contributed by atoms with van der Waals surface area (Å²) in [6.07, 6.45) is -13.1. The second-order valence-corrected chi connectivity index (χ2v) is 7.31. The van der Waals surface area contributed by atoms with Gasteiger partial charge in [-0.05, 0) is 0 Å². The van der Waals surface area contributed by atoms with E-state index in [1.54, 1.807) is 0 Å². The molecule has 2 heterocycles. The van der Waals surface area contributed by atoms with Gasteiger partial charge in [-0.3, -0.25) is 0 Å². The SMILES string of the molecule is [O-][S+]([C@H]1O[C@H](CO)[C@H](O)[C@H](O)[C@H]1O)[C@H]1O[C@H](CO)[C@H](O)[C@H](O)[C@H]1O. The molecule has 2 saturated heterocycles. The fourth-order valence-corrected chi connectivity index (χ4v) is 4.29. The Morgan fingerprint density at radius 2 is 0.958 bits per heavy atom. The molecule has 0 aliphatic carbocycles. The van der Waals surface area contributed by atoms with E-state index in [0.29, 0.717) is 0 Å². The van der Waals surface area contributed by atoms with Crippen LogP contribution in [0.1, 0.15) is 0 Å². The van der Waals surface area contributed by atoms with Crippen LogP contribution in [0.15, 0.2) is 0 Å². The van der Waals surface area contributed by atoms with E-state index in [4.69, 9.17) is 19.7 Å². The summed E-state index contributed by atoms with van der Waals surface area (Å²) in [5, 5.41) is 76.9. The van der Waals surface area contributed by atoms with Gasteiger partial charge in [0.05, 0.1) is 13.2 Å². The monoisotopic (exact) mass is 374 g/mol. The minimum atomic E-state index is -2.38. The molecule has 2 aliphatic rings. The zero-order chi connectivity index (χ0) is 18.2. The quantitative estimate of drug-likeness (QED) is 0.218. The average Bonchev–Trinajstić information content (AvgIpc) is 2.58. The number of hydrogen-bond donors (Lipinski definition) is 8. The van der Waals surface area contributed by atoms with Crippen LogP contribution in [0, 0.1) is 0 Å². The number of rotatable bonds is 4. The van der Waals surface area contributed by atoms with Crippen LogP contribution in [-0.4, -0.2) is 118 Å². The van der Waals surface area contributed by atoms with E-state index in [1.165, 1.54) is 0 Å². The van der Waals surface area contributed by atoms with Gasteiger partial charge < -0.3 is 54.9 Å². The first-order valence-electron chi connectivity index (χ1n) is 7.25. The van der Waals surface area contributed by atoms with Crippen molar-refractivity contribution in [3.63, 3.8) is 0 Å². The lowest BCUT2D eigenvalue weighted by Gasteiger charge is -2.44. The highest BCUT2D eigenvalue weighted by molar-refractivity contribution is 7.92. The van der Waals surface area contributed by atoms with Crippen molar-refractivity contribution in [2.75, 3.05) is 13.2 Å². The van der Waals surface area contributed by atoms with Crippen molar-refractivity contribution in [1.29, 1.82) is 0 Å². The van der Waals surface area contributed by atoms with Crippen LogP contribution >= 0.6 is 0 Å². The third-order valence-corrected chi connectivity index (χ3v) is 5.85. The summed E-state index contributed by atoms with van der Waals surface area (Å²) in [7, 11) is 0. The lowest BCUT2D eigenvalue weighted by atomic mass is 10.0. The second-order valence-electron chi connectivity index (χ2n) is 5.72. The zero-order valence-corrected chi connectivity index (χ0v) is 13.2. The smallest absolute Gasteiger partial charge is 0.247 e. The Morgan fingerprint density at radius 3 is 1.25 bits per heavy atom. The van der Waals surface area contributed by atoms with E-state index < -0.39 is 84.1 Å². The molecule has 0 radical (unpaired) electrons. The Balaban J connectivity index is 2.18. The van der Waals surface area contributed by atoms with Gasteiger partial charge in [-0.2, -0.15) is 0 Å². The summed E-state index contributed by atoms with van der Waals surface area (Å²) in [5.41, 5.74) is -3.30. The highest BCUT2D eigenvalue weighted by Gasteiger charge is 2.56. The van der Waals surface area contributed by atoms with Gasteiger partial charge in [0.25, 0.3) is 0 Å². The third-order valence-electron chi connectivity index (χ3n) is 4.15. The Morgan fingerprint density at radius 1 is 0.625 bits per heavy atom. The van der Waals surface area contributed by atoms with E-state index >= 15 is 0 Å². The molecule has 8 N–H and O–H groups in total. The number of aliphatic hydroxyl groups excluding tert-OH is 8. The van der Waals surface area contributed by atoms with Crippen molar-refractivity contribution in [3.05, 3.63) is 0 Å². The van der Waals surface area contributed by atoms with Gasteiger partial charge in [0.15, 0.2) is 12.2 Å². The van der Waals surface area contributed by atoms with Crippen molar-refractivity contribution in [2.45, 2.75) is 59.7 Å². The van der Waals surface area contributed by atoms with Crippen LogP contribution in [0.3, 0.4) is 0 Å². The molecular weight excluding hydrogens is 352 g/mol. The molecule has 0 amide bonds. The second kappa shape index (κ2) is 8.07. The Labute approximate surface area is 139 Å². The largest absolute Gasteiger partial charge is 0.612 e. The Bertz CT molecular complexity index is 374. The summed E-state index contributed by atoms with van der Waals surface area (Å²) in [6, 6.07) is 0. The molecule has 0 aromatic carbocycles. The Kier molecular flexibility index (Phi) is 6.80. The molecule has 142 valence electrons. The molecule has 11 nitrogen and oxygen atoms in total. The number of aliphatic hydroxyl groups is 8. The first-order chi connectivity index (χ1) is 11.2. The molecule has 0 aromatic heterocycles. The predicted molar refractivity (Wildman–Crippen MR) is 75.7 cm³/mol. The summed E-state index contributed by atoms with van der Waals surface area (Å²) in [6.45, 7) is -1.46. The molecule has 0 bridgehead atoms. The van der Waals surface area contributed by atoms with Crippen LogP contribution in [-0.2, 0) is 20.6 Å². The molecule has 0 aromatic rings. The number of ether oxygens (including phenoxy) is 2. The van der Waals surface area contributed by atoms with Crippen LogP contribution < -0.4 is 0 Å². The van der Waals surface area contributed by atoms with Crippen LogP contribution in [0.4, 0.5) is 0 Å². The Hall–Kier alpha value is -0.0900. The van der Waals surface area contributed by atoms with Crippen molar-refractivity contribution in [3.8, 4) is 0 Å². The summed E-state index contributed by atoms with van der Waals surface area (Å²) in [5.74, 6) is 0. The normalized spacial score (nSPS) is 50.2.